The zero-order chi connectivity index (χ0) is 16.2. The van der Waals surface area contributed by atoms with Gasteiger partial charge in [-0.3, -0.25) is 4.90 Å². The van der Waals surface area contributed by atoms with Gasteiger partial charge in [-0.05, 0) is 56.3 Å². The Hall–Kier alpha value is -1.00. The number of nitrogens with one attached hydrogen (secondary N) is 1. The molecule has 2 heterocycles. The van der Waals surface area contributed by atoms with Crippen LogP contribution in [0.15, 0.2) is 34.7 Å². The zero-order valence-electron chi connectivity index (χ0n) is 13.3. The van der Waals surface area contributed by atoms with Gasteiger partial charge in [0.15, 0.2) is 0 Å². The van der Waals surface area contributed by atoms with Crippen molar-refractivity contribution in [3.8, 4) is 11.3 Å². The first-order valence-electron chi connectivity index (χ1n) is 8.15. The molecule has 1 aromatic carbocycles. The second-order valence-electron chi connectivity index (χ2n) is 5.98. The maximum atomic E-state index is 6.05. The fourth-order valence-electron chi connectivity index (χ4n) is 3.23. The van der Waals surface area contributed by atoms with Gasteiger partial charge in [-0.25, -0.2) is 0 Å². The van der Waals surface area contributed by atoms with Gasteiger partial charge >= 0.3 is 0 Å². The third kappa shape index (κ3) is 4.30. The van der Waals surface area contributed by atoms with Crippen molar-refractivity contribution >= 4 is 23.2 Å². The highest BCUT2D eigenvalue weighted by Crippen LogP contribution is 2.28. The number of halogens is 2. The molecule has 1 fully saturated rings. The van der Waals surface area contributed by atoms with Crippen molar-refractivity contribution < 1.29 is 4.42 Å². The van der Waals surface area contributed by atoms with Gasteiger partial charge in [0.25, 0.3) is 0 Å². The Balaban J connectivity index is 1.57. The van der Waals surface area contributed by atoms with Crippen LogP contribution in [0.4, 0.5) is 0 Å². The molecule has 0 saturated carbocycles. The Morgan fingerprint density at radius 1 is 1.22 bits per heavy atom. The van der Waals surface area contributed by atoms with Gasteiger partial charge < -0.3 is 9.73 Å². The van der Waals surface area contributed by atoms with Gasteiger partial charge in [0.2, 0.25) is 0 Å². The molecule has 1 N–H and O–H groups in total. The number of likely N-dealkylation sites (tertiary alicyclic amines) is 1. The van der Waals surface area contributed by atoms with E-state index in [2.05, 4.69) is 17.1 Å². The van der Waals surface area contributed by atoms with E-state index >= 15 is 0 Å². The molecule has 23 heavy (non-hydrogen) atoms. The number of rotatable bonds is 6. The number of hydrogen-bond donors (Lipinski definition) is 1. The lowest BCUT2D eigenvalue weighted by atomic mass is 10.2. The topological polar surface area (TPSA) is 28.4 Å². The molecule has 1 aliphatic rings. The van der Waals surface area contributed by atoms with Gasteiger partial charge in [-0.2, -0.15) is 0 Å². The van der Waals surface area contributed by atoms with Crippen molar-refractivity contribution in [2.75, 3.05) is 19.6 Å². The molecule has 0 amide bonds. The van der Waals surface area contributed by atoms with E-state index in [1.165, 1.54) is 19.4 Å². The Morgan fingerprint density at radius 2 is 2.00 bits per heavy atom. The second kappa shape index (κ2) is 7.71. The summed E-state index contributed by atoms with van der Waals surface area (Å²) in [6.45, 7) is 6.33. The predicted octanol–water partition coefficient (Wildman–Crippen LogP) is 4.83. The summed E-state index contributed by atoms with van der Waals surface area (Å²) in [6.07, 6.45) is 2.59. The van der Waals surface area contributed by atoms with Crippen LogP contribution in [-0.2, 0) is 6.54 Å². The molecule has 3 nitrogen and oxygen atoms in total. The molecule has 0 radical (unpaired) electrons. The Morgan fingerprint density at radius 3 is 2.74 bits per heavy atom. The van der Waals surface area contributed by atoms with E-state index in [0.717, 1.165) is 36.7 Å². The largest absolute Gasteiger partial charge is 0.460 e. The molecule has 0 unspecified atom stereocenters. The van der Waals surface area contributed by atoms with E-state index in [9.17, 15) is 0 Å². The fraction of sp³-hybridized carbons (Fsp3) is 0.444. The molecule has 124 valence electrons. The van der Waals surface area contributed by atoms with E-state index in [1.54, 1.807) is 6.07 Å². The van der Waals surface area contributed by atoms with Crippen LogP contribution in [0, 0.1) is 0 Å². The van der Waals surface area contributed by atoms with Crippen LogP contribution in [0.5, 0.6) is 0 Å². The smallest absolute Gasteiger partial charge is 0.134 e. The summed E-state index contributed by atoms with van der Waals surface area (Å²) in [5, 5.41) is 4.74. The standard InChI is InChI=1S/C18H22Cl2N2O/c1-2-22-7-3-4-16(22)11-21-12-17-5-6-18(23-17)13-8-14(19)10-15(20)9-13/h5-6,8-10,16,21H,2-4,7,11-12H2,1H3/t16-/m1/s1. The molecule has 0 bridgehead atoms. The van der Waals surface area contributed by atoms with E-state index < -0.39 is 0 Å². The van der Waals surface area contributed by atoms with Crippen molar-refractivity contribution in [2.24, 2.45) is 0 Å². The summed E-state index contributed by atoms with van der Waals surface area (Å²) in [7, 11) is 0. The van der Waals surface area contributed by atoms with E-state index in [-0.39, 0.29) is 0 Å². The molecular formula is C18H22Cl2N2O. The minimum atomic E-state index is 0.615. The fourth-order valence-corrected chi connectivity index (χ4v) is 3.75. The molecule has 1 aromatic heterocycles. The number of furan rings is 1. The molecule has 0 aliphatic carbocycles. The molecule has 1 saturated heterocycles. The van der Waals surface area contributed by atoms with Crippen molar-refractivity contribution in [1.82, 2.24) is 10.2 Å². The maximum Gasteiger partial charge on any atom is 0.134 e. The van der Waals surface area contributed by atoms with Gasteiger partial charge in [0.05, 0.1) is 6.54 Å². The average Bonchev–Trinajstić information content (AvgIpc) is 3.15. The quantitative estimate of drug-likeness (QED) is 0.807. The number of benzene rings is 1. The van der Waals surface area contributed by atoms with Crippen LogP contribution in [0.1, 0.15) is 25.5 Å². The summed E-state index contributed by atoms with van der Waals surface area (Å²) < 4.78 is 5.90. The van der Waals surface area contributed by atoms with Crippen LogP contribution < -0.4 is 5.32 Å². The van der Waals surface area contributed by atoms with E-state index in [1.807, 2.05) is 24.3 Å². The van der Waals surface area contributed by atoms with Crippen LogP contribution in [-0.4, -0.2) is 30.6 Å². The highest BCUT2D eigenvalue weighted by atomic mass is 35.5. The molecule has 5 heteroatoms. The van der Waals surface area contributed by atoms with Gasteiger partial charge in [-0.1, -0.05) is 30.1 Å². The molecule has 1 atom stereocenters. The predicted molar refractivity (Wildman–Crippen MR) is 96.1 cm³/mol. The van der Waals surface area contributed by atoms with Gasteiger partial charge in [0.1, 0.15) is 11.5 Å². The van der Waals surface area contributed by atoms with Gasteiger partial charge in [-0.15, -0.1) is 0 Å². The zero-order valence-corrected chi connectivity index (χ0v) is 14.8. The van der Waals surface area contributed by atoms with Crippen molar-refractivity contribution in [1.29, 1.82) is 0 Å². The monoisotopic (exact) mass is 352 g/mol. The number of nitrogens with zero attached hydrogens (tertiary/aromatic N) is 1. The van der Waals surface area contributed by atoms with Crippen molar-refractivity contribution in [3.63, 3.8) is 0 Å². The third-order valence-corrected chi connectivity index (χ3v) is 4.83. The molecule has 1 aliphatic heterocycles. The third-order valence-electron chi connectivity index (χ3n) is 4.39. The van der Waals surface area contributed by atoms with E-state index in [0.29, 0.717) is 16.1 Å². The molecule has 3 rings (SSSR count). The van der Waals surface area contributed by atoms with Crippen LogP contribution in [0.2, 0.25) is 10.0 Å². The van der Waals surface area contributed by atoms with Crippen LogP contribution >= 0.6 is 23.2 Å². The Kier molecular flexibility index (Phi) is 5.65. The van der Waals surface area contributed by atoms with Crippen molar-refractivity contribution in [2.45, 2.75) is 32.4 Å². The first-order valence-corrected chi connectivity index (χ1v) is 8.91. The minimum Gasteiger partial charge on any atom is -0.460 e. The first kappa shape index (κ1) is 16.8. The lowest BCUT2D eigenvalue weighted by Crippen LogP contribution is -2.37. The Labute approximate surface area is 147 Å². The summed E-state index contributed by atoms with van der Waals surface area (Å²) in [6, 6.07) is 10.1. The number of likely N-dealkylation sites (N-methyl/N-ethyl adjacent to an activating group) is 1. The Bertz CT molecular complexity index is 636. The minimum absolute atomic E-state index is 0.615. The molecular weight excluding hydrogens is 331 g/mol. The van der Waals surface area contributed by atoms with Crippen molar-refractivity contribution in [3.05, 3.63) is 46.1 Å². The van der Waals surface area contributed by atoms with Crippen LogP contribution in [0.25, 0.3) is 11.3 Å². The summed E-state index contributed by atoms with van der Waals surface area (Å²) >= 11 is 12.1. The summed E-state index contributed by atoms with van der Waals surface area (Å²) in [5.74, 6) is 1.72. The lowest BCUT2D eigenvalue weighted by molar-refractivity contribution is 0.258. The SMILES string of the molecule is CCN1CCC[C@@H]1CNCc1ccc(-c2cc(Cl)cc(Cl)c2)o1. The highest BCUT2D eigenvalue weighted by molar-refractivity contribution is 6.35. The molecule has 2 aromatic rings. The summed E-state index contributed by atoms with van der Waals surface area (Å²) in [5.41, 5.74) is 0.904. The number of hydrogen-bond acceptors (Lipinski definition) is 3. The molecule has 0 spiro atoms. The first-order chi connectivity index (χ1) is 11.2. The highest BCUT2D eigenvalue weighted by Gasteiger charge is 2.22. The van der Waals surface area contributed by atoms with Crippen LogP contribution in [0.3, 0.4) is 0 Å². The average molecular weight is 353 g/mol. The summed E-state index contributed by atoms with van der Waals surface area (Å²) in [4.78, 5) is 2.54. The lowest BCUT2D eigenvalue weighted by Gasteiger charge is -2.22. The van der Waals surface area contributed by atoms with Gasteiger partial charge in [0, 0.05) is 28.2 Å². The second-order valence-corrected chi connectivity index (χ2v) is 6.85. The van der Waals surface area contributed by atoms with E-state index in [4.69, 9.17) is 27.6 Å². The maximum absolute atomic E-state index is 6.05. The normalized spacial score (nSPS) is 18.7.